The summed E-state index contributed by atoms with van der Waals surface area (Å²) in [5.74, 6) is 5.48. The third kappa shape index (κ3) is 3.73. The van der Waals surface area contributed by atoms with Crippen molar-refractivity contribution in [3.8, 4) is 33.6 Å². The zero-order valence-corrected chi connectivity index (χ0v) is 21.7. The van der Waals surface area contributed by atoms with Gasteiger partial charge in [-0.1, -0.05) is 54.6 Å². The number of aromatic nitrogens is 4. The highest BCUT2D eigenvalue weighted by molar-refractivity contribution is 7.08. The molecule has 0 aliphatic heterocycles. The van der Waals surface area contributed by atoms with Crippen molar-refractivity contribution in [3.05, 3.63) is 95.3 Å². The van der Waals surface area contributed by atoms with Crippen LogP contribution in [0.15, 0.2) is 89.8 Å². The highest BCUT2D eigenvalue weighted by Gasteiger charge is 2.51. The van der Waals surface area contributed by atoms with Crippen molar-refractivity contribution >= 4 is 28.0 Å². The number of hydrogen-bond donors (Lipinski definition) is 2. The predicted octanol–water partition coefficient (Wildman–Crippen LogP) is 5.94. The lowest BCUT2D eigenvalue weighted by Gasteiger charge is -2.51. The van der Waals surface area contributed by atoms with E-state index in [0.29, 0.717) is 12.8 Å². The fourth-order valence-corrected chi connectivity index (χ4v) is 6.33. The van der Waals surface area contributed by atoms with E-state index in [4.69, 9.17) is 26.6 Å². The summed E-state index contributed by atoms with van der Waals surface area (Å²) in [5.41, 5.74) is 14.4. The van der Waals surface area contributed by atoms with Gasteiger partial charge < -0.3 is 5.73 Å². The quantitative estimate of drug-likeness (QED) is 0.274. The third-order valence-corrected chi connectivity index (χ3v) is 8.24. The van der Waals surface area contributed by atoms with Gasteiger partial charge in [-0.15, -0.1) is 0 Å². The van der Waals surface area contributed by atoms with Crippen LogP contribution in [0.25, 0.3) is 50.3 Å². The maximum absolute atomic E-state index is 6.70. The van der Waals surface area contributed by atoms with Gasteiger partial charge in [0.2, 0.25) is 0 Å². The first-order valence-corrected chi connectivity index (χ1v) is 13.4. The smallest absolute Gasteiger partial charge is 0.165 e. The van der Waals surface area contributed by atoms with Crippen molar-refractivity contribution < 1.29 is 4.84 Å². The van der Waals surface area contributed by atoms with Crippen LogP contribution in [0.1, 0.15) is 25.3 Å². The van der Waals surface area contributed by atoms with Crippen LogP contribution in [-0.2, 0) is 10.4 Å². The highest BCUT2D eigenvalue weighted by Crippen LogP contribution is 2.48. The number of benzene rings is 2. The van der Waals surface area contributed by atoms with Crippen LogP contribution in [0.5, 0.6) is 0 Å². The second-order valence-corrected chi connectivity index (χ2v) is 11.2. The Morgan fingerprint density at radius 2 is 1.74 bits per heavy atom. The monoisotopic (exact) mass is 518 g/mol. The molecule has 0 bridgehead atoms. The molecule has 38 heavy (non-hydrogen) atoms. The molecule has 0 atom stereocenters. The molecule has 1 saturated carbocycles. The van der Waals surface area contributed by atoms with Crippen molar-refractivity contribution in [1.82, 2.24) is 19.6 Å². The second-order valence-electron chi connectivity index (χ2n) is 10.4. The molecule has 188 valence electrons. The SMILES string of the molecule is CC1(ON)CC(N)(c2ccc(-c3nc4c(cnc5cc(-c6ccsc6)nn54)cc3-c3ccccc3)cc2)C1. The zero-order valence-electron chi connectivity index (χ0n) is 20.8. The van der Waals surface area contributed by atoms with E-state index >= 15 is 0 Å². The highest BCUT2D eigenvalue weighted by atomic mass is 32.1. The predicted molar refractivity (Wildman–Crippen MR) is 151 cm³/mol. The minimum atomic E-state index is -0.448. The summed E-state index contributed by atoms with van der Waals surface area (Å²) >= 11 is 1.65. The summed E-state index contributed by atoms with van der Waals surface area (Å²) in [6.07, 6.45) is 3.23. The van der Waals surface area contributed by atoms with Crippen LogP contribution in [0.4, 0.5) is 0 Å². The van der Waals surface area contributed by atoms with Crippen molar-refractivity contribution in [1.29, 1.82) is 0 Å². The van der Waals surface area contributed by atoms with E-state index in [9.17, 15) is 0 Å². The number of pyridine rings is 1. The summed E-state index contributed by atoms with van der Waals surface area (Å²) < 4.78 is 1.84. The molecule has 6 aromatic rings. The van der Waals surface area contributed by atoms with Gasteiger partial charge in [0.15, 0.2) is 11.3 Å². The van der Waals surface area contributed by atoms with E-state index in [1.54, 1.807) is 11.3 Å². The van der Waals surface area contributed by atoms with Crippen LogP contribution < -0.4 is 11.6 Å². The Balaban J connectivity index is 1.38. The van der Waals surface area contributed by atoms with Crippen molar-refractivity contribution in [2.45, 2.75) is 30.9 Å². The van der Waals surface area contributed by atoms with E-state index < -0.39 is 5.54 Å². The maximum atomic E-state index is 6.70. The lowest BCUT2D eigenvalue weighted by Crippen LogP contribution is -2.60. The molecular weight excluding hydrogens is 492 g/mol. The Morgan fingerprint density at radius 1 is 0.947 bits per heavy atom. The molecule has 0 saturated heterocycles. The first kappa shape index (κ1) is 23.2. The molecule has 4 N–H and O–H groups in total. The third-order valence-electron chi connectivity index (χ3n) is 7.56. The van der Waals surface area contributed by atoms with E-state index in [1.165, 1.54) is 0 Å². The van der Waals surface area contributed by atoms with E-state index in [0.717, 1.165) is 55.9 Å². The Bertz CT molecular complexity index is 1770. The minimum Gasteiger partial charge on any atom is -0.321 e. The Morgan fingerprint density at radius 3 is 2.45 bits per heavy atom. The van der Waals surface area contributed by atoms with Crippen LogP contribution in [-0.4, -0.2) is 25.2 Å². The van der Waals surface area contributed by atoms with Gasteiger partial charge in [-0.2, -0.15) is 21.0 Å². The molecule has 0 amide bonds. The average Bonchev–Trinajstić information content (AvgIpc) is 3.62. The van der Waals surface area contributed by atoms with Gasteiger partial charge in [-0.25, -0.2) is 15.9 Å². The Kier molecular flexibility index (Phi) is 5.21. The Labute approximate surface area is 223 Å². The van der Waals surface area contributed by atoms with Crippen LogP contribution in [0.2, 0.25) is 0 Å². The number of thiophene rings is 1. The summed E-state index contributed by atoms with van der Waals surface area (Å²) in [7, 11) is 0. The van der Waals surface area contributed by atoms with E-state index in [1.807, 2.05) is 41.9 Å². The number of fused-ring (bicyclic) bond motifs is 3. The molecule has 0 unspecified atom stereocenters. The van der Waals surface area contributed by atoms with Crippen molar-refractivity contribution in [2.24, 2.45) is 11.6 Å². The summed E-state index contributed by atoms with van der Waals surface area (Å²) in [6, 6.07) is 24.9. The number of hydrogen-bond acceptors (Lipinski definition) is 7. The summed E-state index contributed by atoms with van der Waals surface area (Å²) in [4.78, 5) is 15.0. The van der Waals surface area contributed by atoms with Gasteiger partial charge in [0.1, 0.15) is 0 Å². The first-order chi connectivity index (χ1) is 18.4. The fourth-order valence-electron chi connectivity index (χ4n) is 5.68. The maximum Gasteiger partial charge on any atom is 0.165 e. The first-order valence-electron chi connectivity index (χ1n) is 12.5. The number of nitrogens with zero attached hydrogens (tertiary/aromatic N) is 4. The van der Waals surface area contributed by atoms with Crippen molar-refractivity contribution in [3.63, 3.8) is 0 Å². The van der Waals surface area contributed by atoms with Gasteiger partial charge in [0, 0.05) is 58.1 Å². The lowest BCUT2D eigenvalue weighted by atomic mass is 9.63. The molecule has 1 fully saturated rings. The normalized spacial score (nSPS) is 21.1. The van der Waals surface area contributed by atoms with Crippen molar-refractivity contribution in [2.75, 3.05) is 0 Å². The molecule has 7 nitrogen and oxygen atoms in total. The molecule has 0 radical (unpaired) electrons. The lowest BCUT2D eigenvalue weighted by molar-refractivity contribution is -0.130. The minimum absolute atomic E-state index is 0.376. The fraction of sp³-hybridized carbons (Fsp3) is 0.167. The van der Waals surface area contributed by atoms with E-state index in [2.05, 4.69) is 64.3 Å². The number of rotatable bonds is 5. The molecule has 1 aliphatic carbocycles. The average molecular weight is 519 g/mol. The molecule has 2 aromatic carbocycles. The molecule has 1 aliphatic rings. The van der Waals surface area contributed by atoms with Gasteiger partial charge in [0.25, 0.3) is 0 Å². The molecular formula is C30H26N6OS. The van der Waals surface area contributed by atoms with Crippen LogP contribution in [0.3, 0.4) is 0 Å². The number of nitrogens with two attached hydrogens (primary N) is 2. The van der Waals surface area contributed by atoms with Crippen LogP contribution >= 0.6 is 11.3 Å². The molecule has 7 rings (SSSR count). The zero-order chi connectivity index (χ0) is 25.9. The second kappa shape index (κ2) is 8.54. The van der Waals surface area contributed by atoms with Gasteiger partial charge >= 0.3 is 0 Å². The molecule has 4 heterocycles. The molecule has 0 spiro atoms. The summed E-state index contributed by atoms with van der Waals surface area (Å²) in [6.45, 7) is 1.99. The van der Waals surface area contributed by atoms with Gasteiger partial charge in [-0.05, 0) is 35.6 Å². The molecule has 4 aromatic heterocycles. The largest absolute Gasteiger partial charge is 0.321 e. The van der Waals surface area contributed by atoms with Crippen LogP contribution in [0, 0.1) is 0 Å². The topological polar surface area (TPSA) is 104 Å². The summed E-state index contributed by atoms with van der Waals surface area (Å²) in [5, 5.41) is 9.93. The van der Waals surface area contributed by atoms with Gasteiger partial charge in [-0.3, -0.25) is 4.84 Å². The Hall–Kier alpha value is -3.95. The standard InChI is InChI=1S/C30H26N6OS/c1-29(37-32)17-30(31,18-29)23-9-7-20(8-10-23)27-24(19-5-3-2-4-6-19)13-22-15-33-26-14-25(21-11-12-38-16-21)35-36(26)28(22)34-27/h2-16H,17-18,31-32H2,1H3. The van der Waals surface area contributed by atoms with E-state index in [-0.39, 0.29) is 5.60 Å². The molecule has 8 heteroatoms. The van der Waals surface area contributed by atoms with Gasteiger partial charge in [0.05, 0.1) is 17.0 Å².